The molecule has 2 aromatic rings. The summed E-state index contributed by atoms with van der Waals surface area (Å²) in [5, 5.41) is 11.2. The molecule has 2 heteroatoms. The molecule has 0 saturated carbocycles. The second-order valence-corrected chi connectivity index (χ2v) is 5.49. The number of aliphatic hydroxyl groups is 1. The minimum atomic E-state index is -1.07. The van der Waals surface area contributed by atoms with Crippen LogP contribution in [0, 0.1) is 0 Å². The molecule has 0 heterocycles. The molecule has 0 radical (unpaired) electrons. The third kappa shape index (κ3) is 4.03. The minimum absolute atomic E-state index is 0.886. The van der Waals surface area contributed by atoms with E-state index in [2.05, 4.69) is 25.1 Å². The second-order valence-electron chi connectivity index (χ2n) is 5.49. The zero-order valence-electron chi connectivity index (χ0n) is 12.7. The average molecular weight is 281 g/mol. The van der Waals surface area contributed by atoms with Gasteiger partial charge in [0, 0.05) is 6.54 Å². The Morgan fingerprint density at radius 2 is 1.38 bits per heavy atom. The summed E-state index contributed by atoms with van der Waals surface area (Å²) in [5.74, 6) is 0. The number of rotatable bonds is 6. The van der Waals surface area contributed by atoms with Crippen molar-refractivity contribution in [3.05, 3.63) is 83.9 Å². The highest BCUT2D eigenvalue weighted by Crippen LogP contribution is 2.31. The van der Waals surface area contributed by atoms with Crippen molar-refractivity contribution in [2.24, 2.45) is 0 Å². The van der Waals surface area contributed by atoms with Crippen LogP contribution in [0.4, 0.5) is 0 Å². The van der Waals surface area contributed by atoms with Gasteiger partial charge in [-0.15, -0.1) is 0 Å². The Labute approximate surface area is 127 Å². The maximum Gasteiger partial charge on any atom is 0.133 e. The van der Waals surface area contributed by atoms with Crippen molar-refractivity contribution in [2.75, 3.05) is 20.6 Å². The van der Waals surface area contributed by atoms with E-state index < -0.39 is 5.60 Å². The van der Waals surface area contributed by atoms with E-state index in [1.165, 1.54) is 0 Å². The highest BCUT2D eigenvalue weighted by atomic mass is 16.3. The summed E-state index contributed by atoms with van der Waals surface area (Å²) in [4.78, 5) is 2.13. The molecular weight excluding hydrogens is 258 g/mol. The molecule has 2 nitrogen and oxygen atoms in total. The lowest BCUT2D eigenvalue weighted by molar-refractivity contribution is 0.134. The summed E-state index contributed by atoms with van der Waals surface area (Å²) in [7, 11) is 4.10. The Bertz CT molecular complexity index is 521. The van der Waals surface area contributed by atoms with Gasteiger partial charge in [-0.2, -0.15) is 0 Å². The molecule has 0 aliphatic rings. The van der Waals surface area contributed by atoms with E-state index in [1.54, 1.807) is 0 Å². The smallest absolute Gasteiger partial charge is 0.133 e. The minimum Gasteiger partial charge on any atom is -0.377 e. The van der Waals surface area contributed by atoms with Gasteiger partial charge >= 0.3 is 0 Å². The first-order valence-corrected chi connectivity index (χ1v) is 7.29. The molecule has 0 unspecified atom stereocenters. The van der Waals surface area contributed by atoms with Crippen LogP contribution in [0.2, 0.25) is 0 Å². The molecule has 21 heavy (non-hydrogen) atoms. The standard InChI is InChI=1S/C19H23NO/c1-20(2)16-10-9-15-19(21,17-11-5-3-6-12-17)18-13-7-4-8-14-18/h3-9,11-15,21H,10,16H2,1-2H3/b15-9+. The van der Waals surface area contributed by atoms with Crippen LogP contribution in [0.1, 0.15) is 17.5 Å². The lowest BCUT2D eigenvalue weighted by atomic mass is 9.86. The number of hydrogen-bond donors (Lipinski definition) is 1. The summed E-state index contributed by atoms with van der Waals surface area (Å²) < 4.78 is 0. The lowest BCUT2D eigenvalue weighted by Gasteiger charge is -2.26. The van der Waals surface area contributed by atoms with Crippen molar-refractivity contribution < 1.29 is 5.11 Å². The summed E-state index contributed by atoms with van der Waals surface area (Å²) in [6.07, 6.45) is 4.87. The van der Waals surface area contributed by atoms with Crippen LogP contribution in [0.3, 0.4) is 0 Å². The average Bonchev–Trinajstić information content (AvgIpc) is 2.53. The van der Waals surface area contributed by atoms with Gasteiger partial charge in [0.1, 0.15) is 5.60 Å². The summed E-state index contributed by atoms with van der Waals surface area (Å²) in [5.41, 5.74) is 0.698. The number of benzene rings is 2. The zero-order valence-corrected chi connectivity index (χ0v) is 12.7. The van der Waals surface area contributed by atoms with Crippen LogP contribution in [-0.2, 0) is 5.60 Å². The number of hydrogen-bond acceptors (Lipinski definition) is 2. The van der Waals surface area contributed by atoms with Crippen LogP contribution in [0.25, 0.3) is 0 Å². The lowest BCUT2D eigenvalue weighted by Crippen LogP contribution is -2.24. The van der Waals surface area contributed by atoms with Crippen LogP contribution in [-0.4, -0.2) is 30.6 Å². The molecule has 1 N–H and O–H groups in total. The largest absolute Gasteiger partial charge is 0.377 e. The molecule has 0 bridgehead atoms. The van der Waals surface area contributed by atoms with Gasteiger partial charge in [-0.05, 0) is 37.7 Å². The molecule has 0 saturated heterocycles. The van der Waals surface area contributed by atoms with Crippen LogP contribution in [0.15, 0.2) is 72.8 Å². The summed E-state index contributed by atoms with van der Waals surface area (Å²) >= 11 is 0. The van der Waals surface area contributed by atoms with E-state index in [0.717, 1.165) is 24.1 Å². The van der Waals surface area contributed by atoms with Gasteiger partial charge in [0.2, 0.25) is 0 Å². The third-order valence-electron chi connectivity index (χ3n) is 3.53. The van der Waals surface area contributed by atoms with Crippen LogP contribution >= 0.6 is 0 Å². The zero-order chi connectivity index (χ0) is 15.1. The molecule has 0 spiro atoms. The second kappa shape index (κ2) is 7.21. The van der Waals surface area contributed by atoms with Gasteiger partial charge in [-0.3, -0.25) is 0 Å². The fourth-order valence-corrected chi connectivity index (χ4v) is 2.33. The first-order chi connectivity index (χ1) is 10.1. The van der Waals surface area contributed by atoms with Crippen LogP contribution in [0.5, 0.6) is 0 Å². The normalized spacial score (nSPS) is 12.2. The van der Waals surface area contributed by atoms with E-state index in [1.807, 2.05) is 66.7 Å². The van der Waals surface area contributed by atoms with Gasteiger partial charge in [0.15, 0.2) is 0 Å². The molecule has 0 aliphatic heterocycles. The predicted molar refractivity (Wildman–Crippen MR) is 88.2 cm³/mol. The molecule has 0 fully saturated rings. The van der Waals surface area contributed by atoms with E-state index in [9.17, 15) is 5.11 Å². The molecule has 2 aromatic carbocycles. The highest BCUT2D eigenvalue weighted by Gasteiger charge is 2.27. The van der Waals surface area contributed by atoms with E-state index in [-0.39, 0.29) is 0 Å². The molecule has 110 valence electrons. The SMILES string of the molecule is CN(C)CC/C=C/C(O)(c1ccccc1)c1ccccc1. The Morgan fingerprint density at radius 3 is 1.81 bits per heavy atom. The molecule has 2 rings (SSSR count). The third-order valence-corrected chi connectivity index (χ3v) is 3.53. The van der Waals surface area contributed by atoms with E-state index in [4.69, 9.17) is 0 Å². The van der Waals surface area contributed by atoms with Crippen LogP contribution < -0.4 is 0 Å². The Balaban J connectivity index is 2.31. The van der Waals surface area contributed by atoms with Gasteiger partial charge in [0.05, 0.1) is 0 Å². The quantitative estimate of drug-likeness (QED) is 0.820. The van der Waals surface area contributed by atoms with Gasteiger partial charge in [0.25, 0.3) is 0 Å². The highest BCUT2D eigenvalue weighted by molar-refractivity contribution is 5.40. The fourth-order valence-electron chi connectivity index (χ4n) is 2.33. The molecule has 0 aliphatic carbocycles. The van der Waals surface area contributed by atoms with E-state index in [0.29, 0.717) is 0 Å². The van der Waals surface area contributed by atoms with Crippen molar-refractivity contribution in [3.8, 4) is 0 Å². The Hall–Kier alpha value is -1.90. The van der Waals surface area contributed by atoms with Crippen molar-refractivity contribution in [2.45, 2.75) is 12.0 Å². The summed E-state index contributed by atoms with van der Waals surface area (Å²) in [6.45, 7) is 0.968. The van der Waals surface area contributed by atoms with Gasteiger partial charge < -0.3 is 10.0 Å². The molecular formula is C19H23NO. The monoisotopic (exact) mass is 281 g/mol. The topological polar surface area (TPSA) is 23.5 Å². The van der Waals surface area contributed by atoms with Gasteiger partial charge in [-0.1, -0.05) is 66.7 Å². The van der Waals surface area contributed by atoms with Crippen molar-refractivity contribution >= 4 is 0 Å². The fraction of sp³-hybridized carbons (Fsp3) is 0.263. The molecule has 0 amide bonds. The maximum atomic E-state index is 11.2. The van der Waals surface area contributed by atoms with E-state index >= 15 is 0 Å². The molecule has 0 aromatic heterocycles. The first-order valence-electron chi connectivity index (χ1n) is 7.29. The van der Waals surface area contributed by atoms with Crippen molar-refractivity contribution in [1.82, 2.24) is 4.90 Å². The Kier molecular flexibility index (Phi) is 5.32. The first kappa shape index (κ1) is 15.5. The molecule has 0 atom stereocenters. The summed E-state index contributed by atoms with van der Waals surface area (Å²) in [6, 6.07) is 19.6. The number of nitrogens with zero attached hydrogens (tertiary/aromatic N) is 1. The predicted octanol–water partition coefficient (Wildman–Crippen LogP) is 3.43. The van der Waals surface area contributed by atoms with Crippen molar-refractivity contribution in [1.29, 1.82) is 0 Å². The van der Waals surface area contributed by atoms with Gasteiger partial charge in [-0.25, -0.2) is 0 Å². The maximum absolute atomic E-state index is 11.2. The Morgan fingerprint density at radius 1 is 0.905 bits per heavy atom. The van der Waals surface area contributed by atoms with Crippen molar-refractivity contribution in [3.63, 3.8) is 0 Å².